The number of hydrogen-bond acceptors (Lipinski definition) is 2. The molecule has 0 atom stereocenters. The number of nitrogens with zero attached hydrogens (tertiary/aromatic N) is 1. The zero-order valence-corrected chi connectivity index (χ0v) is 16.4. The van der Waals surface area contributed by atoms with Crippen LogP contribution >= 0.6 is 11.6 Å². The second kappa shape index (κ2) is 7.61. The zero-order chi connectivity index (χ0) is 27.8. The van der Waals surface area contributed by atoms with Crippen LogP contribution in [0, 0.1) is 6.57 Å². The van der Waals surface area contributed by atoms with Gasteiger partial charge >= 0.3 is 41.5 Å². The van der Waals surface area contributed by atoms with E-state index in [2.05, 4.69) is 4.85 Å². The van der Waals surface area contributed by atoms with Gasteiger partial charge < -0.3 is 5.11 Å². The van der Waals surface area contributed by atoms with Crippen LogP contribution in [0.15, 0.2) is 18.2 Å². The van der Waals surface area contributed by atoms with Gasteiger partial charge in [0.1, 0.15) is 0 Å². The Bertz CT molecular complexity index is 1120. The Kier molecular flexibility index (Phi) is 6.19. The standard InChI is InChI=1S/C17H4ClF14NO2/c1-33-10-6(12(20,21)22)2-5(3-7(10)18)8(34)4-9(35)11(19)13(23,24)15(27,28)17(31,32)16(29,30)14(11,25)26/h2-4,34H/p-1/b8-4-. The Morgan fingerprint density at radius 1 is 0.857 bits per heavy atom. The molecule has 35 heavy (non-hydrogen) atoms. The summed E-state index contributed by atoms with van der Waals surface area (Å²) in [5, 5.41) is 10.8. The van der Waals surface area contributed by atoms with E-state index in [1.807, 2.05) is 0 Å². The van der Waals surface area contributed by atoms with Gasteiger partial charge in [-0.2, -0.15) is 57.1 Å². The third-order valence-electron chi connectivity index (χ3n) is 4.81. The van der Waals surface area contributed by atoms with E-state index >= 15 is 0 Å². The van der Waals surface area contributed by atoms with Gasteiger partial charge in [0, 0.05) is 5.02 Å². The molecule has 0 aromatic heterocycles. The van der Waals surface area contributed by atoms with Gasteiger partial charge in [0.15, 0.2) is 0 Å². The molecular weight excluding hydrogens is 552 g/mol. The highest BCUT2D eigenvalue weighted by Gasteiger charge is 3.02. The summed E-state index contributed by atoms with van der Waals surface area (Å²) >= 11 is 5.33. The Labute approximate surface area is 188 Å². The lowest BCUT2D eigenvalue weighted by molar-refractivity contribution is -0.475. The lowest BCUT2D eigenvalue weighted by Crippen LogP contribution is -2.85. The topological polar surface area (TPSA) is 44.5 Å². The van der Waals surface area contributed by atoms with Crippen molar-refractivity contribution in [3.63, 3.8) is 0 Å². The van der Waals surface area contributed by atoms with E-state index in [1.165, 1.54) is 0 Å². The molecule has 1 aromatic carbocycles. The van der Waals surface area contributed by atoms with Crippen LogP contribution in [0.2, 0.25) is 5.02 Å². The Hall–Kier alpha value is -2.77. The fourth-order valence-electron chi connectivity index (χ4n) is 2.90. The van der Waals surface area contributed by atoms with Gasteiger partial charge in [-0.25, -0.2) is 9.24 Å². The zero-order valence-electron chi connectivity index (χ0n) is 15.7. The van der Waals surface area contributed by atoms with Crippen molar-refractivity contribution in [2.45, 2.75) is 41.5 Å². The molecular formula is C17H3ClF14NO2-. The second-order valence-corrected chi connectivity index (χ2v) is 7.27. The van der Waals surface area contributed by atoms with Gasteiger partial charge in [0.2, 0.25) is 11.5 Å². The summed E-state index contributed by atoms with van der Waals surface area (Å²) in [5.41, 5.74) is -12.1. The van der Waals surface area contributed by atoms with Crippen LogP contribution in [0.5, 0.6) is 0 Å². The molecule has 1 saturated carbocycles. The number of rotatable bonds is 3. The van der Waals surface area contributed by atoms with Crippen LogP contribution in [0.1, 0.15) is 11.1 Å². The molecule has 0 heterocycles. The maximum absolute atomic E-state index is 14.6. The molecule has 0 radical (unpaired) electrons. The largest absolute Gasteiger partial charge is 0.872 e. The molecule has 194 valence electrons. The van der Waals surface area contributed by atoms with Gasteiger partial charge in [-0.05, 0) is 17.7 Å². The van der Waals surface area contributed by atoms with Crippen molar-refractivity contribution in [2.24, 2.45) is 0 Å². The molecule has 2 rings (SSSR count). The van der Waals surface area contributed by atoms with Gasteiger partial charge in [-0.3, -0.25) is 4.79 Å². The summed E-state index contributed by atoms with van der Waals surface area (Å²) in [4.78, 5) is 14.2. The number of carbonyl (C=O) groups is 1. The number of benzene rings is 1. The number of ketones is 1. The summed E-state index contributed by atoms with van der Waals surface area (Å²) < 4.78 is 189. The number of allylic oxidation sites excluding steroid dienone is 1. The number of hydrogen-bond donors (Lipinski definition) is 0. The van der Waals surface area contributed by atoms with Crippen molar-refractivity contribution in [3.8, 4) is 0 Å². The molecule has 0 bridgehead atoms. The molecule has 0 aliphatic heterocycles. The SMILES string of the molecule is [C-]#[N+]c1c(Cl)cc(/C([O-])=C/C(=O)C2(F)C(F)(F)C(F)(F)C(F)(F)C(F)(F)C2(F)F)cc1C(F)(F)F. The molecule has 18 heteroatoms. The minimum absolute atomic E-state index is 0.107. The average Bonchev–Trinajstić information content (AvgIpc) is 2.69. The van der Waals surface area contributed by atoms with Crippen molar-refractivity contribution in [1.29, 1.82) is 0 Å². The van der Waals surface area contributed by atoms with Crippen molar-refractivity contribution in [1.82, 2.24) is 0 Å². The third-order valence-corrected chi connectivity index (χ3v) is 5.10. The highest BCUT2D eigenvalue weighted by atomic mass is 35.5. The van der Waals surface area contributed by atoms with Gasteiger partial charge in [-0.1, -0.05) is 23.4 Å². The lowest BCUT2D eigenvalue weighted by atomic mass is 9.70. The second-order valence-electron chi connectivity index (χ2n) is 6.87. The molecule has 1 aliphatic carbocycles. The van der Waals surface area contributed by atoms with E-state index in [0.29, 0.717) is 0 Å². The molecule has 3 nitrogen and oxygen atoms in total. The van der Waals surface area contributed by atoms with Crippen LogP contribution in [0.4, 0.5) is 67.2 Å². The van der Waals surface area contributed by atoms with E-state index in [0.717, 1.165) is 0 Å². The summed E-state index contributed by atoms with van der Waals surface area (Å²) in [6, 6.07) is -0.208. The monoisotopic (exact) mass is 554 g/mol. The van der Waals surface area contributed by atoms with Crippen LogP contribution in [-0.4, -0.2) is 41.1 Å². The van der Waals surface area contributed by atoms with Crippen LogP contribution < -0.4 is 5.11 Å². The first kappa shape index (κ1) is 28.5. The first-order chi connectivity index (χ1) is 15.4. The Balaban J connectivity index is 2.79. The molecule has 1 aromatic rings. The molecule has 1 fully saturated rings. The first-order valence-corrected chi connectivity index (χ1v) is 8.55. The molecule has 0 unspecified atom stereocenters. The molecule has 0 saturated heterocycles. The molecule has 0 amide bonds. The van der Waals surface area contributed by atoms with Crippen molar-refractivity contribution in [3.05, 3.63) is 45.8 Å². The minimum atomic E-state index is -7.63. The van der Waals surface area contributed by atoms with E-state index < -0.39 is 80.9 Å². The highest BCUT2D eigenvalue weighted by Crippen LogP contribution is 2.69. The van der Waals surface area contributed by atoms with Gasteiger partial charge in [0.25, 0.3) is 0 Å². The van der Waals surface area contributed by atoms with Crippen molar-refractivity contribution < 1.29 is 71.4 Å². The summed E-state index contributed by atoms with van der Waals surface area (Å²) in [6.07, 6.45) is -6.80. The molecule has 1 aliphatic rings. The molecule has 0 N–H and O–H groups in total. The van der Waals surface area contributed by atoms with Crippen molar-refractivity contribution in [2.75, 3.05) is 0 Å². The number of halogens is 15. The summed E-state index contributed by atoms with van der Waals surface area (Å²) in [7, 11) is 0. The Morgan fingerprint density at radius 2 is 1.26 bits per heavy atom. The quantitative estimate of drug-likeness (QED) is 0.197. The maximum Gasteiger partial charge on any atom is 0.407 e. The highest BCUT2D eigenvalue weighted by molar-refractivity contribution is 6.33. The van der Waals surface area contributed by atoms with Crippen LogP contribution in [-0.2, 0) is 11.0 Å². The van der Waals surface area contributed by atoms with Gasteiger partial charge in [-0.15, -0.1) is 0 Å². The summed E-state index contributed by atoms with van der Waals surface area (Å²) in [6.45, 7) is 6.62. The van der Waals surface area contributed by atoms with Crippen molar-refractivity contribution >= 4 is 28.8 Å². The van der Waals surface area contributed by atoms with E-state index in [9.17, 15) is 71.4 Å². The fourth-order valence-corrected chi connectivity index (χ4v) is 3.17. The third kappa shape index (κ3) is 3.35. The van der Waals surface area contributed by atoms with Crippen LogP contribution in [0.3, 0.4) is 0 Å². The van der Waals surface area contributed by atoms with E-state index in [-0.39, 0.29) is 12.1 Å². The van der Waals surface area contributed by atoms with E-state index in [1.54, 1.807) is 0 Å². The average molecular weight is 555 g/mol. The predicted octanol–water partition coefficient (Wildman–Crippen LogP) is 6.08. The van der Waals surface area contributed by atoms with Crippen LogP contribution in [0.25, 0.3) is 10.6 Å². The normalized spacial score (nSPS) is 23.9. The van der Waals surface area contributed by atoms with E-state index in [4.69, 9.17) is 18.2 Å². The maximum atomic E-state index is 14.6. The first-order valence-electron chi connectivity index (χ1n) is 8.17. The lowest BCUT2D eigenvalue weighted by Gasteiger charge is -2.51. The smallest absolute Gasteiger partial charge is 0.407 e. The molecule has 0 spiro atoms. The summed E-state index contributed by atoms with van der Waals surface area (Å²) in [5.74, 6) is -44.4. The number of carbonyl (C=O) groups excluding carboxylic acids is 1. The fraction of sp³-hybridized carbons (Fsp3) is 0.412. The Morgan fingerprint density at radius 3 is 1.63 bits per heavy atom. The predicted molar refractivity (Wildman–Crippen MR) is 84.3 cm³/mol. The minimum Gasteiger partial charge on any atom is -0.872 e. The number of alkyl halides is 14. The van der Waals surface area contributed by atoms with Gasteiger partial charge in [0.05, 0.1) is 12.1 Å².